The van der Waals surface area contributed by atoms with Crippen LogP contribution in [0, 0.1) is 5.92 Å². The second-order valence-electron chi connectivity index (χ2n) is 4.18. The summed E-state index contributed by atoms with van der Waals surface area (Å²) in [5, 5.41) is 3.14. The molecule has 0 aromatic carbocycles. The van der Waals surface area contributed by atoms with Gasteiger partial charge in [0.2, 0.25) is 0 Å². The molecule has 1 aromatic heterocycles. The lowest BCUT2D eigenvalue weighted by Crippen LogP contribution is -2.36. The average Bonchev–Trinajstić information content (AvgIpc) is 2.29. The molecule has 4 N–H and O–H groups in total. The van der Waals surface area contributed by atoms with Crippen molar-refractivity contribution in [2.24, 2.45) is 11.8 Å². The van der Waals surface area contributed by atoms with Crippen molar-refractivity contribution in [3.05, 3.63) is 22.8 Å². The van der Waals surface area contributed by atoms with Gasteiger partial charge in [-0.25, -0.2) is 10.8 Å². The molecule has 1 unspecified atom stereocenters. The number of pyridine rings is 1. The molecule has 1 heterocycles. The molecule has 17 heavy (non-hydrogen) atoms. The van der Waals surface area contributed by atoms with Crippen molar-refractivity contribution < 1.29 is 4.79 Å². The minimum absolute atomic E-state index is 0.0508. The van der Waals surface area contributed by atoms with Crippen molar-refractivity contribution in [2.45, 2.75) is 26.8 Å². The summed E-state index contributed by atoms with van der Waals surface area (Å²) in [5.74, 6) is 5.67. The molecule has 0 radical (unpaired) electrons. The topological polar surface area (TPSA) is 80.0 Å². The molecule has 0 aliphatic heterocycles. The van der Waals surface area contributed by atoms with E-state index in [1.54, 1.807) is 12.1 Å². The van der Waals surface area contributed by atoms with Crippen LogP contribution in [-0.4, -0.2) is 16.9 Å². The van der Waals surface area contributed by atoms with Crippen LogP contribution in [0.25, 0.3) is 0 Å². The van der Waals surface area contributed by atoms with Gasteiger partial charge >= 0.3 is 0 Å². The highest BCUT2D eigenvalue weighted by atomic mass is 35.5. The lowest BCUT2D eigenvalue weighted by Gasteiger charge is -2.17. The number of nitrogens with one attached hydrogen (secondary N) is 2. The van der Waals surface area contributed by atoms with E-state index in [-0.39, 0.29) is 17.6 Å². The number of aromatic nitrogens is 1. The van der Waals surface area contributed by atoms with Crippen molar-refractivity contribution >= 4 is 23.3 Å². The van der Waals surface area contributed by atoms with E-state index in [4.69, 9.17) is 17.4 Å². The van der Waals surface area contributed by atoms with Gasteiger partial charge in [0.15, 0.2) is 0 Å². The van der Waals surface area contributed by atoms with Crippen molar-refractivity contribution in [1.82, 2.24) is 10.3 Å². The third-order valence-electron chi connectivity index (χ3n) is 2.57. The summed E-state index contributed by atoms with van der Waals surface area (Å²) in [6.45, 7) is 5.98. The van der Waals surface area contributed by atoms with Crippen LogP contribution >= 0.6 is 11.6 Å². The first kappa shape index (κ1) is 13.7. The van der Waals surface area contributed by atoms with E-state index in [0.717, 1.165) is 0 Å². The third-order valence-corrected chi connectivity index (χ3v) is 2.87. The number of hydrazine groups is 1. The van der Waals surface area contributed by atoms with E-state index in [2.05, 4.69) is 15.7 Å². The lowest BCUT2D eigenvalue weighted by atomic mass is 10.1. The molecule has 0 saturated carbocycles. The Morgan fingerprint density at radius 1 is 1.41 bits per heavy atom. The van der Waals surface area contributed by atoms with Gasteiger partial charge in [-0.3, -0.25) is 4.79 Å². The van der Waals surface area contributed by atoms with Crippen LogP contribution in [-0.2, 0) is 0 Å². The van der Waals surface area contributed by atoms with Gasteiger partial charge in [0.1, 0.15) is 11.5 Å². The lowest BCUT2D eigenvalue weighted by molar-refractivity contribution is 0.0926. The minimum atomic E-state index is -0.298. The molecule has 5 nitrogen and oxygen atoms in total. The number of rotatable bonds is 4. The fourth-order valence-electron chi connectivity index (χ4n) is 1.12. The van der Waals surface area contributed by atoms with E-state index in [9.17, 15) is 4.79 Å². The van der Waals surface area contributed by atoms with Crippen LogP contribution < -0.4 is 16.6 Å². The molecule has 0 fully saturated rings. The maximum absolute atomic E-state index is 11.9. The van der Waals surface area contributed by atoms with Gasteiger partial charge in [-0.1, -0.05) is 25.4 Å². The van der Waals surface area contributed by atoms with Crippen LogP contribution in [0.4, 0.5) is 5.82 Å². The van der Waals surface area contributed by atoms with E-state index < -0.39 is 0 Å². The van der Waals surface area contributed by atoms with Gasteiger partial charge in [0.25, 0.3) is 5.91 Å². The van der Waals surface area contributed by atoms with Crippen LogP contribution in [0.1, 0.15) is 31.3 Å². The Balaban J connectivity index is 2.88. The fraction of sp³-hybridized carbons (Fsp3) is 0.455. The molecule has 0 aliphatic carbocycles. The number of carbonyl (C=O) groups is 1. The summed E-state index contributed by atoms with van der Waals surface area (Å²) in [6, 6.07) is 3.24. The Bertz CT molecular complexity index is 408. The molecular weight excluding hydrogens is 240 g/mol. The Kier molecular flexibility index (Phi) is 4.72. The zero-order valence-corrected chi connectivity index (χ0v) is 10.9. The normalized spacial score (nSPS) is 12.4. The number of nitrogens with two attached hydrogens (primary N) is 1. The molecule has 1 atom stereocenters. The van der Waals surface area contributed by atoms with E-state index in [1.807, 2.05) is 20.8 Å². The second kappa shape index (κ2) is 5.84. The van der Waals surface area contributed by atoms with Crippen LogP contribution in [0.2, 0.25) is 5.02 Å². The van der Waals surface area contributed by atoms with E-state index in [0.29, 0.717) is 16.8 Å². The number of nitrogens with zero attached hydrogens (tertiary/aromatic N) is 1. The largest absolute Gasteiger partial charge is 0.348 e. The number of anilines is 1. The van der Waals surface area contributed by atoms with Crippen molar-refractivity contribution in [1.29, 1.82) is 0 Å². The number of carbonyl (C=O) groups excluding carboxylic acids is 1. The van der Waals surface area contributed by atoms with E-state index >= 15 is 0 Å². The third kappa shape index (κ3) is 3.57. The molecule has 0 aliphatic rings. The molecule has 1 rings (SSSR count). The first-order valence-corrected chi connectivity index (χ1v) is 5.77. The highest BCUT2D eigenvalue weighted by Gasteiger charge is 2.16. The monoisotopic (exact) mass is 256 g/mol. The first-order valence-electron chi connectivity index (χ1n) is 5.39. The smallest absolute Gasteiger partial charge is 0.271 e. The predicted molar refractivity (Wildman–Crippen MR) is 68.8 cm³/mol. The summed E-state index contributed by atoms with van der Waals surface area (Å²) in [4.78, 5) is 15.9. The highest BCUT2D eigenvalue weighted by Crippen LogP contribution is 2.16. The standard InChI is InChI=1S/C11H17ClN4O/c1-6(2)7(3)14-11(17)10-8(12)4-5-9(15-10)16-13/h4-7H,13H2,1-3H3,(H,14,17)(H,15,16). The number of nitrogen functional groups attached to an aromatic ring is 1. The maximum atomic E-state index is 11.9. The van der Waals surface area contributed by atoms with Crippen molar-refractivity contribution in [2.75, 3.05) is 5.43 Å². The zero-order chi connectivity index (χ0) is 13.0. The minimum Gasteiger partial charge on any atom is -0.348 e. The Hall–Kier alpha value is -1.33. The Morgan fingerprint density at radius 3 is 2.59 bits per heavy atom. The average molecular weight is 257 g/mol. The molecule has 6 heteroatoms. The van der Waals surface area contributed by atoms with Crippen molar-refractivity contribution in [3.8, 4) is 0 Å². The van der Waals surface area contributed by atoms with Gasteiger partial charge in [-0.15, -0.1) is 0 Å². The first-order chi connectivity index (χ1) is 7.95. The summed E-state index contributed by atoms with van der Waals surface area (Å²) >= 11 is 5.92. The molecule has 0 saturated heterocycles. The predicted octanol–water partition coefficient (Wildman–Crippen LogP) is 1.79. The molecular formula is C11H17ClN4O. The maximum Gasteiger partial charge on any atom is 0.271 e. The molecule has 1 aromatic rings. The van der Waals surface area contributed by atoms with Crippen LogP contribution in [0.5, 0.6) is 0 Å². The van der Waals surface area contributed by atoms with Gasteiger partial charge in [0, 0.05) is 6.04 Å². The summed E-state index contributed by atoms with van der Waals surface area (Å²) in [6.07, 6.45) is 0. The highest BCUT2D eigenvalue weighted by molar-refractivity contribution is 6.33. The fourth-order valence-corrected chi connectivity index (χ4v) is 1.31. The Labute approximate surface area is 106 Å². The number of amides is 1. The molecule has 0 bridgehead atoms. The molecule has 1 amide bonds. The van der Waals surface area contributed by atoms with Gasteiger partial charge in [0.05, 0.1) is 5.02 Å². The van der Waals surface area contributed by atoms with Crippen molar-refractivity contribution in [3.63, 3.8) is 0 Å². The number of halogens is 1. The van der Waals surface area contributed by atoms with Crippen LogP contribution in [0.3, 0.4) is 0 Å². The van der Waals surface area contributed by atoms with E-state index in [1.165, 1.54) is 0 Å². The second-order valence-corrected chi connectivity index (χ2v) is 4.58. The summed E-state index contributed by atoms with van der Waals surface area (Å²) in [5.41, 5.74) is 2.55. The quantitative estimate of drug-likeness (QED) is 0.567. The molecule has 0 spiro atoms. The summed E-state index contributed by atoms with van der Waals surface area (Å²) in [7, 11) is 0. The molecule has 94 valence electrons. The van der Waals surface area contributed by atoms with Gasteiger partial charge in [-0.2, -0.15) is 0 Å². The number of hydrogen-bond donors (Lipinski definition) is 3. The van der Waals surface area contributed by atoms with Crippen LogP contribution in [0.15, 0.2) is 12.1 Å². The zero-order valence-electron chi connectivity index (χ0n) is 10.1. The number of hydrogen-bond acceptors (Lipinski definition) is 4. The van der Waals surface area contributed by atoms with Gasteiger partial charge < -0.3 is 10.7 Å². The van der Waals surface area contributed by atoms with Gasteiger partial charge in [-0.05, 0) is 25.0 Å². The Morgan fingerprint density at radius 2 is 2.06 bits per heavy atom. The summed E-state index contributed by atoms with van der Waals surface area (Å²) < 4.78 is 0. The SMILES string of the molecule is CC(C)C(C)NC(=O)c1nc(NN)ccc1Cl.